The molecule has 0 fully saturated rings. The zero-order chi connectivity index (χ0) is 19.8. The topological polar surface area (TPSA) is 23.8 Å². The van der Waals surface area contributed by atoms with Crippen LogP contribution >= 0.6 is 0 Å². The van der Waals surface area contributed by atoms with Crippen LogP contribution in [-0.2, 0) is 0 Å². The van der Waals surface area contributed by atoms with Crippen LogP contribution in [0.15, 0.2) is 48.7 Å². The molecule has 0 bridgehead atoms. The van der Waals surface area contributed by atoms with Crippen molar-refractivity contribution >= 4 is 36.9 Å². The first kappa shape index (κ1) is 18.3. The molecule has 140 valence electrons. The number of benzene rings is 1. The van der Waals surface area contributed by atoms with Crippen LogP contribution in [0, 0.1) is 13.8 Å². The molecular formula is C23H24BFN3+. The average molecular weight is 372 g/mol. The summed E-state index contributed by atoms with van der Waals surface area (Å²) in [6, 6.07) is 12.2. The molecule has 0 radical (unpaired) electrons. The highest BCUT2D eigenvalue weighted by atomic mass is 19.1. The van der Waals surface area contributed by atoms with Gasteiger partial charge in [0, 0.05) is 22.5 Å². The maximum Gasteiger partial charge on any atom is 0.596 e. The van der Waals surface area contributed by atoms with Crippen LogP contribution in [0.3, 0.4) is 0 Å². The minimum Gasteiger partial charge on any atom is -0.342 e. The van der Waals surface area contributed by atoms with Gasteiger partial charge in [-0.1, -0.05) is 25.5 Å². The molecule has 2 aliphatic rings. The van der Waals surface area contributed by atoms with E-state index in [4.69, 9.17) is 0 Å². The van der Waals surface area contributed by atoms with Gasteiger partial charge < -0.3 is 8.96 Å². The van der Waals surface area contributed by atoms with Crippen molar-refractivity contribution < 1.29 is 9.31 Å². The molecule has 1 N–H and O–H groups in total. The summed E-state index contributed by atoms with van der Waals surface area (Å²) in [6.07, 6.45) is 9.87. The third-order valence-corrected chi connectivity index (χ3v) is 5.15. The van der Waals surface area contributed by atoms with Gasteiger partial charge in [-0.15, -0.1) is 0 Å². The summed E-state index contributed by atoms with van der Waals surface area (Å²) in [5, 5.41) is 1.79. The monoisotopic (exact) mass is 372 g/mol. The van der Waals surface area contributed by atoms with Crippen LogP contribution in [0.4, 0.5) is 10.0 Å². The van der Waals surface area contributed by atoms with Gasteiger partial charge >= 0.3 is 7.26 Å². The van der Waals surface area contributed by atoms with Gasteiger partial charge in [0.1, 0.15) is 0 Å². The largest absolute Gasteiger partial charge is 0.596 e. The lowest BCUT2D eigenvalue weighted by Gasteiger charge is -2.16. The summed E-state index contributed by atoms with van der Waals surface area (Å²) < 4.78 is 18.5. The molecule has 4 heterocycles. The molecule has 3 aromatic rings. The van der Waals surface area contributed by atoms with E-state index >= 15 is 4.32 Å². The molecule has 0 aliphatic carbocycles. The lowest BCUT2D eigenvalue weighted by atomic mass is 10.0. The summed E-state index contributed by atoms with van der Waals surface area (Å²) in [5.41, 5.74) is 6.59. The van der Waals surface area contributed by atoms with Gasteiger partial charge in [-0.25, -0.2) is 4.99 Å². The molecule has 1 aromatic carbocycles. The number of nitrogens with zero attached hydrogens (tertiary/aromatic N) is 2. The Morgan fingerprint density at radius 1 is 1.07 bits per heavy atom. The first-order valence-corrected chi connectivity index (χ1v) is 9.75. The van der Waals surface area contributed by atoms with Gasteiger partial charge in [-0.05, 0) is 68.1 Å². The fourth-order valence-electron chi connectivity index (χ4n) is 3.80. The number of halogens is 1. The average Bonchev–Trinajstić information content (AvgIpc) is 3.40. The molecule has 0 saturated carbocycles. The maximum atomic E-state index is 15.1. The number of fused-ring (bicyclic) bond motifs is 3. The fraction of sp³-hybridized carbons (Fsp3) is 0.174. The summed E-state index contributed by atoms with van der Waals surface area (Å²) in [4.78, 5) is 3.30. The first-order valence-electron chi connectivity index (χ1n) is 9.75. The normalized spacial score (nSPS) is 15.7. The van der Waals surface area contributed by atoms with E-state index in [1.165, 1.54) is 11.1 Å². The smallest absolute Gasteiger partial charge is 0.342 e. The number of aromatic nitrogens is 2. The van der Waals surface area contributed by atoms with Gasteiger partial charge in [0.05, 0.1) is 11.1 Å². The Labute approximate surface area is 165 Å². The van der Waals surface area contributed by atoms with Crippen molar-refractivity contribution in [2.45, 2.75) is 27.7 Å². The van der Waals surface area contributed by atoms with E-state index in [1.807, 2.05) is 57.3 Å². The van der Waals surface area contributed by atoms with E-state index in [-0.39, 0.29) is 0 Å². The van der Waals surface area contributed by atoms with Crippen molar-refractivity contribution in [1.82, 2.24) is 8.96 Å². The van der Waals surface area contributed by atoms with Gasteiger partial charge in [-0.2, -0.15) is 0 Å². The van der Waals surface area contributed by atoms with E-state index in [1.54, 1.807) is 15.2 Å². The Hall–Kier alpha value is -3.08. The van der Waals surface area contributed by atoms with Gasteiger partial charge in [0.15, 0.2) is 6.21 Å². The maximum absolute atomic E-state index is 15.1. The second-order valence-electron chi connectivity index (χ2n) is 6.93. The van der Waals surface area contributed by atoms with Crippen molar-refractivity contribution in [2.24, 2.45) is 0 Å². The predicted molar refractivity (Wildman–Crippen MR) is 116 cm³/mol. The molecule has 0 spiro atoms. The van der Waals surface area contributed by atoms with E-state index in [9.17, 15) is 0 Å². The Kier molecular flexibility index (Phi) is 4.67. The molecular weight excluding hydrogens is 348 g/mol. The number of nitrogens with one attached hydrogen (secondary N) is 1. The van der Waals surface area contributed by atoms with Crippen LogP contribution in [0.1, 0.15) is 36.2 Å². The Balaban J connectivity index is 0.000000932. The highest BCUT2D eigenvalue weighted by Gasteiger charge is 2.27. The quantitative estimate of drug-likeness (QED) is 0.633. The van der Waals surface area contributed by atoms with E-state index in [2.05, 4.69) is 36.2 Å². The lowest BCUT2D eigenvalue weighted by Crippen LogP contribution is -2.58. The molecule has 28 heavy (non-hydrogen) atoms. The summed E-state index contributed by atoms with van der Waals surface area (Å²) >= 11 is 0. The van der Waals surface area contributed by atoms with Crippen molar-refractivity contribution in [3.63, 3.8) is 0 Å². The zero-order valence-electron chi connectivity index (χ0n) is 16.7. The van der Waals surface area contributed by atoms with E-state index in [0.717, 1.165) is 33.2 Å². The molecule has 2 aromatic heterocycles. The molecule has 0 saturated heterocycles. The van der Waals surface area contributed by atoms with Crippen LogP contribution in [-0.4, -0.2) is 22.4 Å². The first-order chi connectivity index (χ1) is 13.6. The molecule has 5 heteroatoms. The molecule has 0 unspecified atom stereocenters. The Bertz CT molecular complexity index is 1230. The highest BCUT2D eigenvalue weighted by molar-refractivity contribution is 6.48. The number of rotatable bonds is 1. The second kappa shape index (κ2) is 7.15. The van der Waals surface area contributed by atoms with Gasteiger partial charge in [0.2, 0.25) is 5.69 Å². The van der Waals surface area contributed by atoms with Crippen LogP contribution < -0.4 is 15.7 Å². The summed E-state index contributed by atoms with van der Waals surface area (Å²) in [6.45, 7) is 8.12. The van der Waals surface area contributed by atoms with Gasteiger partial charge in [-0.3, -0.25) is 4.32 Å². The Morgan fingerprint density at radius 2 is 1.89 bits per heavy atom. The van der Waals surface area contributed by atoms with Crippen LogP contribution in [0.25, 0.3) is 17.7 Å². The minimum atomic E-state index is -1.22. The van der Waals surface area contributed by atoms with Crippen LogP contribution in [0.5, 0.6) is 0 Å². The Morgan fingerprint density at radius 3 is 2.71 bits per heavy atom. The lowest BCUT2D eigenvalue weighted by molar-refractivity contribution is -0.342. The van der Waals surface area contributed by atoms with Crippen molar-refractivity contribution in [3.05, 3.63) is 81.8 Å². The zero-order valence-corrected chi connectivity index (χ0v) is 16.7. The minimum absolute atomic E-state index is 0.864. The predicted octanol–water partition coefficient (Wildman–Crippen LogP) is 2.09. The molecule has 2 aliphatic heterocycles. The molecule has 5 rings (SSSR count). The second-order valence-corrected chi connectivity index (χ2v) is 6.93. The van der Waals surface area contributed by atoms with E-state index < -0.39 is 7.26 Å². The van der Waals surface area contributed by atoms with Gasteiger partial charge in [0.25, 0.3) is 0 Å². The SMILES string of the molecule is CC.Cc1ccc2c(c1)/C(=C/C=c1\cc(C)c3n1B(F)n1cccc1C=3)C=[NH+]2. The van der Waals surface area contributed by atoms with Crippen molar-refractivity contribution in [3.8, 4) is 0 Å². The van der Waals surface area contributed by atoms with Crippen molar-refractivity contribution in [2.75, 3.05) is 0 Å². The third-order valence-electron chi connectivity index (χ3n) is 5.15. The third kappa shape index (κ3) is 2.87. The molecule has 0 atom stereocenters. The number of allylic oxidation sites excluding steroid dienone is 2. The van der Waals surface area contributed by atoms with Crippen molar-refractivity contribution in [1.29, 1.82) is 0 Å². The number of hydrogen-bond donors (Lipinski definition) is 1. The van der Waals surface area contributed by atoms with E-state index in [0.29, 0.717) is 0 Å². The fourth-order valence-corrected chi connectivity index (χ4v) is 3.80. The molecule has 3 nitrogen and oxygen atoms in total. The number of aryl methyl sites for hydroxylation is 2. The number of hydrogen-bond acceptors (Lipinski definition) is 0. The highest BCUT2D eigenvalue weighted by Crippen LogP contribution is 2.22. The molecule has 0 amide bonds. The summed E-state index contributed by atoms with van der Waals surface area (Å²) in [7, 11) is -1.22. The standard InChI is InChI=1S/C21H17BFN3.C2H6/c1-14-5-8-20-19(10-14)16(13-24-20)6-7-18-11-15(2)21-12-17-4-3-9-25(17)22(23)26(18)21;1-2/h3-13H,1-2H3;1-2H3/p+1/b16-6+,18-7+;. The summed E-state index contributed by atoms with van der Waals surface area (Å²) in [5.74, 6) is 0. The van der Waals surface area contributed by atoms with Crippen LogP contribution in [0.2, 0.25) is 0 Å².